The molecule has 0 bridgehead atoms. The number of aryl methyl sites for hydroxylation is 3. The fourth-order valence-electron chi connectivity index (χ4n) is 4.66. The van der Waals surface area contributed by atoms with Crippen LogP contribution in [0.5, 0.6) is 0 Å². The van der Waals surface area contributed by atoms with Crippen LogP contribution >= 0.6 is 22.7 Å². The first-order valence-electron chi connectivity index (χ1n) is 10.6. The van der Waals surface area contributed by atoms with Gasteiger partial charge in [0.1, 0.15) is 5.82 Å². The molecule has 4 heteroatoms. The van der Waals surface area contributed by atoms with E-state index in [0.717, 1.165) is 37.2 Å². The molecule has 0 amide bonds. The van der Waals surface area contributed by atoms with Gasteiger partial charge in [0.15, 0.2) is 0 Å². The van der Waals surface area contributed by atoms with Crippen LogP contribution in [0.1, 0.15) is 16.7 Å². The summed E-state index contributed by atoms with van der Waals surface area (Å²) in [6.07, 6.45) is 1.84. The molecule has 3 heterocycles. The molecule has 0 saturated carbocycles. The quantitative estimate of drug-likeness (QED) is 0.255. The molecule has 32 heavy (non-hydrogen) atoms. The predicted octanol–water partition coefficient (Wildman–Crippen LogP) is 9.06. The highest BCUT2D eigenvalue weighted by atomic mass is 32.1. The Morgan fingerprint density at radius 2 is 1.50 bits per heavy atom. The van der Waals surface area contributed by atoms with Crippen molar-refractivity contribution in [3.63, 3.8) is 0 Å². The van der Waals surface area contributed by atoms with E-state index in [1.807, 2.05) is 30.5 Å². The second kappa shape index (κ2) is 7.22. The Balaban J connectivity index is 1.62. The van der Waals surface area contributed by atoms with Crippen LogP contribution in [0.15, 0.2) is 66.9 Å². The second-order valence-electron chi connectivity index (χ2n) is 8.37. The molecule has 0 aliphatic carbocycles. The Hall–Kier alpha value is -3.08. The molecule has 0 fully saturated rings. The van der Waals surface area contributed by atoms with Crippen LogP contribution in [-0.2, 0) is 0 Å². The van der Waals surface area contributed by atoms with Gasteiger partial charge in [0.05, 0.1) is 15.1 Å². The van der Waals surface area contributed by atoms with E-state index in [1.54, 1.807) is 11.3 Å². The molecule has 6 aromatic rings. The van der Waals surface area contributed by atoms with Crippen LogP contribution in [0.25, 0.3) is 52.0 Å². The molecule has 0 aliphatic heterocycles. The van der Waals surface area contributed by atoms with Gasteiger partial charge < -0.3 is 0 Å². The molecule has 0 aliphatic rings. The maximum Gasteiger partial charge on any atom is 0.149 e. The lowest BCUT2D eigenvalue weighted by atomic mass is 10.0. The monoisotopic (exact) mass is 453 g/mol. The van der Waals surface area contributed by atoms with Crippen LogP contribution in [0.4, 0.5) is 4.39 Å². The topological polar surface area (TPSA) is 12.9 Å². The number of halogens is 1. The lowest BCUT2D eigenvalue weighted by molar-refractivity contribution is 0.645. The number of hydrogen-bond acceptors (Lipinski definition) is 3. The molecular weight excluding hydrogens is 433 g/mol. The first-order chi connectivity index (χ1) is 15.5. The van der Waals surface area contributed by atoms with E-state index in [4.69, 9.17) is 4.98 Å². The Labute approximate surface area is 193 Å². The summed E-state index contributed by atoms with van der Waals surface area (Å²) in [5, 5.41) is 3.22. The van der Waals surface area contributed by atoms with Crippen LogP contribution in [0, 0.1) is 26.6 Å². The molecule has 3 aromatic carbocycles. The largest absolute Gasteiger partial charge is 0.255 e. The average Bonchev–Trinajstić information content (AvgIpc) is 3.32. The minimum atomic E-state index is -0.135. The number of hydrogen-bond donors (Lipinski definition) is 0. The molecule has 0 atom stereocenters. The van der Waals surface area contributed by atoms with Crippen molar-refractivity contribution < 1.29 is 4.39 Å². The van der Waals surface area contributed by atoms with Gasteiger partial charge >= 0.3 is 0 Å². The van der Waals surface area contributed by atoms with Crippen LogP contribution in [-0.4, -0.2) is 4.98 Å². The number of fused-ring (bicyclic) bond motifs is 4. The van der Waals surface area contributed by atoms with Gasteiger partial charge in [0, 0.05) is 37.7 Å². The summed E-state index contributed by atoms with van der Waals surface area (Å²) in [5.74, 6) is -0.135. The van der Waals surface area contributed by atoms with Crippen molar-refractivity contribution >= 4 is 52.9 Å². The van der Waals surface area contributed by atoms with Crippen molar-refractivity contribution in [1.29, 1.82) is 0 Å². The van der Waals surface area contributed by atoms with Gasteiger partial charge in [-0.25, -0.2) is 4.39 Å². The molecule has 1 nitrogen and oxygen atoms in total. The molecule has 0 radical (unpaired) electrons. The summed E-state index contributed by atoms with van der Waals surface area (Å²) in [6.45, 7) is 6.28. The average molecular weight is 454 g/mol. The van der Waals surface area contributed by atoms with Gasteiger partial charge in [-0.2, -0.15) is 0 Å². The number of aromatic nitrogens is 1. The van der Waals surface area contributed by atoms with E-state index < -0.39 is 0 Å². The number of benzene rings is 3. The SMILES string of the molecule is Cc1cc(C)cc(-c2nccc3c2sc2c(F)c(-c4sc5ccccc5c4C)ccc23)c1. The molecule has 0 N–H and O–H groups in total. The summed E-state index contributed by atoms with van der Waals surface area (Å²) in [6, 6.07) is 20.8. The van der Waals surface area contributed by atoms with Crippen LogP contribution < -0.4 is 0 Å². The van der Waals surface area contributed by atoms with Crippen molar-refractivity contribution in [3.8, 4) is 21.7 Å². The summed E-state index contributed by atoms with van der Waals surface area (Å²) in [4.78, 5) is 5.71. The van der Waals surface area contributed by atoms with Gasteiger partial charge in [-0.05, 0) is 62.1 Å². The first-order valence-corrected chi connectivity index (χ1v) is 12.2. The van der Waals surface area contributed by atoms with Crippen molar-refractivity contribution in [3.05, 3.63) is 89.4 Å². The van der Waals surface area contributed by atoms with Gasteiger partial charge in [-0.1, -0.05) is 41.5 Å². The fourth-order valence-corrected chi connectivity index (χ4v) is 7.13. The van der Waals surface area contributed by atoms with Gasteiger partial charge in [0.25, 0.3) is 0 Å². The minimum absolute atomic E-state index is 0.135. The minimum Gasteiger partial charge on any atom is -0.255 e. The normalized spacial score (nSPS) is 11.8. The molecule has 156 valence electrons. The Kier molecular flexibility index (Phi) is 4.42. The third-order valence-electron chi connectivity index (χ3n) is 6.08. The third-order valence-corrected chi connectivity index (χ3v) is 8.61. The van der Waals surface area contributed by atoms with E-state index in [0.29, 0.717) is 10.3 Å². The van der Waals surface area contributed by atoms with Gasteiger partial charge in [0.2, 0.25) is 0 Å². The van der Waals surface area contributed by atoms with E-state index in [-0.39, 0.29) is 5.82 Å². The van der Waals surface area contributed by atoms with E-state index in [2.05, 4.69) is 57.2 Å². The van der Waals surface area contributed by atoms with Crippen LogP contribution in [0.3, 0.4) is 0 Å². The Morgan fingerprint density at radius 3 is 2.28 bits per heavy atom. The highest BCUT2D eigenvalue weighted by Gasteiger charge is 2.20. The molecule has 6 rings (SSSR count). The summed E-state index contributed by atoms with van der Waals surface area (Å²) >= 11 is 3.17. The van der Waals surface area contributed by atoms with Crippen molar-refractivity contribution in [1.82, 2.24) is 4.98 Å². The summed E-state index contributed by atoms with van der Waals surface area (Å²) in [5.41, 5.74) is 6.24. The number of rotatable bonds is 2. The van der Waals surface area contributed by atoms with E-state index in [9.17, 15) is 0 Å². The third kappa shape index (κ3) is 2.90. The zero-order valence-electron chi connectivity index (χ0n) is 18.0. The maximum absolute atomic E-state index is 16.0. The van der Waals surface area contributed by atoms with Gasteiger partial charge in [-0.3, -0.25) is 4.98 Å². The van der Waals surface area contributed by atoms with E-state index in [1.165, 1.54) is 32.5 Å². The maximum atomic E-state index is 16.0. The fraction of sp³-hybridized carbons (Fsp3) is 0.107. The highest BCUT2D eigenvalue weighted by molar-refractivity contribution is 7.26. The van der Waals surface area contributed by atoms with Crippen LogP contribution in [0.2, 0.25) is 0 Å². The molecule has 0 spiro atoms. The first kappa shape index (κ1) is 19.6. The molecule has 0 saturated heterocycles. The Bertz CT molecular complexity index is 1650. The molecule has 0 unspecified atom stereocenters. The molecular formula is C28H20FNS2. The smallest absolute Gasteiger partial charge is 0.149 e. The number of nitrogens with zero attached hydrogens (tertiary/aromatic N) is 1. The lowest BCUT2D eigenvalue weighted by Gasteiger charge is -2.05. The highest BCUT2D eigenvalue weighted by Crippen LogP contribution is 2.45. The van der Waals surface area contributed by atoms with Crippen molar-refractivity contribution in [2.45, 2.75) is 20.8 Å². The predicted molar refractivity (Wildman–Crippen MR) is 138 cm³/mol. The standard InChI is InChI=1S/C28H20FNS2/c1-15-12-16(2)14-18(13-15)25-28-21(10-11-30-25)20-8-9-22(24(29)27(20)32-28)26-17(3)19-6-4-5-7-23(19)31-26/h4-14H,1-3H3. The second-order valence-corrected chi connectivity index (χ2v) is 10.4. The summed E-state index contributed by atoms with van der Waals surface area (Å²) < 4.78 is 18.9. The zero-order valence-corrected chi connectivity index (χ0v) is 19.6. The number of thiophene rings is 2. The van der Waals surface area contributed by atoms with Crippen molar-refractivity contribution in [2.24, 2.45) is 0 Å². The van der Waals surface area contributed by atoms with E-state index >= 15 is 4.39 Å². The summed E-state index contributed by atoms with van der Waals surface area (Å²) in [7, 11) is 0. The molecule has 3 aromatic heterocycles. The zero-order chi connectivity index (χ0) is 22.0. The number of pyridine rings is 1. The Morgan fingerprint density at radius 1 is 0.750 bits per heavy atom. The lowest BCUT2D eigenvalue weighted by Crippen LogP contribution is -1.86. The van der Waals surface area contributed by atoms with Crippen molar-refractivity contribution in [2.75, 3.05) is 0 Å². The van der Waals surface area contributed by atoms with Gasteiger partial charge in [-0.15, -0.1) is 22.7 Å².